The third-order valence-electron chi connectivity index (χ3n) is 7.64. The molecule has 2 aliphatic rings. The monoisotopic (exact) mass is 515 g/mol. The van der Waals surface area contributed by atoms with Crippen molar-refractivity contribution >= 4 is 5.91 Å². The van der Waals surface area contributed by atoms with Crippen molar-refractivity contribution in [3.63, 3.8) is 0 Å². The molecule has 5 rings (SSSR count). The summed E-state index contributed by atoms with van der Waals surface area (Å²) in [5, 5.41) is 12.4. The first-order chi connectivity index (χ1) is 18.6. The lowest BCUT2D eigenvalue weighted by Crippen LogP contribution is -2.45. The topological polar surface area (TPSA) is 83.9 Å². The summed E-state index contributed by atoms with van der Waals surface area (Å²) in [5.41, 5.74) is 4.48. The Bertz CT molecular complexity index is 1160. The van der Waals surface area contributed by atoms with Gasteiger partial charge in [-0.1, -0.05) is 61.9 Å². The van der Waals surface area contributed by atoms with Crippen LogP contribution in [0.5, 0.6) is 0 Å². The summed E-state index contributed by atoms with van der Waals surface area (Å²) < 4.78 is 13.2. The summed E-state index contributed by atoms with van der Waals surface area (Å²) in [4.78, 5) is 18.9. The number of nitrogens with one attached hydrogen (secondary N) is 1. The molecule has 1 aromatic heterocycles. The Balaban J connectivity index is 1.30. The number of benzene rings is 2. The normalized spacial score (nSPS) is 24.2. The van der Waals surface area contributed by atoms with Gasteiger partial charge in [0.2, 0.25) is 0 Å². The molecular formula is C31H37N3O4. The number of piperidine rings is 1. The first kappa shape index (κ1) is 26.5. The van der Waals surface area contributed by atoms with Gasteiger partial charge in [0, 0.05) is 37.0 Å². The Morgan fingerprint density at radius 1 is 0.974 bits per heavy atom. The highest BCUT2D eigenvalue weighted by Crippen LogP contribution is 2.42. The Labute approximate surface area is 224 Å². The molecule has 2 N–H and O–H groups in total. The summed E-state index contributed by atoms with van der Waals surface area (Å²) in [5.74, 6) is 0.0286. The van der Waals surface area contributed by atoms with E-state index in [1.54, 1.807) is 24.5 Å². The average molecular weight is 516 g/mol. The van der Waals surface area contributed by atoms with Crippen molar-refractivity contribution < 1.29 is 19.4 Å². The summed E-state index contributed by atoms with van der Waals surface area (Å²) in [6.07, 6.45) is 6.43. The van der Waals surface area contributed by atoms with Crippen LogP contribution in [0, 0.1) is 5.92 Å². The molecule has 2 aliphatic heterocycles. The summed E-state index contributed by atoms with van der Waals surface area (Å²) in [7, 11) is 0. The molecule has 2 fully saturated rings. The lowest BCUT2D eigenvalue weighted by molar-refractivity contribution is -0.276. The van der Waals surface area contributed by atoms with Crippen LogP contribution >= 0.6 is 0 Å². The minimum absolute atomic E-state index is 0.0275. The third-order valence-corrected chi connectivity index (χ3v) is 7.64. The van der Waals surface area contributed by atoms with E-state index >= 15 is 0 Å². The van der Waals surface area contributed by atoms with Gasteiger partial charge in [0.1, 0.15) is 0 Å². The van der Waals surface area contributed by atoms with Crippen molar-refractivity contribution in [1.82, 2.24) is 15.2 Å². The van der Waals surface area contributed by atoms with E-state index in [0.29, 0.717) is 12.1 Å². The number of hydrogen-bond donors (Lipinski definition) is 2. The molecule has 0 bridgehead atoms. The quantitative estimate of drug-likeness (QED) is 0.449. The Morgan fingerprint density at radius 3 is 2.37 bits per heavy atom. The molecule has 3 aromatic rings. The molecule has 2 aromatic carbocycles. The first-order valence-corrected chi connectivity index (χ1v) is 13.6. The number of nitrogens with zero attached hydrogens (tertiary/aromatic N) is 2. The third kappa shape index (κ3) is 6.48. The second-order valence-corrected chi connectivity index (χ2v) is 10.3. The van der Waals surface area contributed by atoms with Crippen LogP contribution in [0.25, 0.3) is 0 Å². The smallest absolute Gasteiger partial charge is 0.253 e. The maximum atomic E-state index is 12.4. The van der Waals surface area contributed by atoms with Gasteiger partial charge in [-0.15, -0.1) is 0 Å². The highest BCUT2D eigenvalue weighted by atomic mass is 16.7. The van der Waals surface area contributed by atoms with Gasteiger partial charge in [-0.2, -0.15) is 0 Å². The maximum Gasteiger partial charge on any atom is 0.253 e. The largest absolute Gasteiger partial charge is 0.392 e. The lowest BCUT2D eigenvalue weighted by atomic mass is 9.89. The predicted octanol–water partition coefficient (Wildman–Crippen LogP) is 4.78. The maximum absolute atomic E-state index is 12.4. The van der Waals surface area contributed by atoms with Crippen LogP contribution in [0.2, 0.25) is 0 Å². The van der Waals surface area contributed by atoms with Crippen LogP contribution in [-0.4, -0.2) is 46.6 Å². The number of ether oxygens (including phenoxy) is 2. The number of amides is 1. The minimum atomic E-state index is -0.484. The van der Waals surface area contributed by atoms with E-state index in [-0.39, 0.29) is 30.6 Å². The van der Waals surface area contributed by atoms with E-state index in [2.05, 4.69) is 34.3 Å². The van der Waals surface area contributed by atoms with Gasteiger partial charge >= 0.3 is 0 Å². The van der Waals surface area contributed by atoms with Crippen LogP contribution in [0.3, 0.4) is 0 Å². The minimum Gasteiger partial charge on any atom is -0.392 e. The fourth-order valence-electron chi connectivity index (χ4n) is 5.30. The molecule has 0 unspecified atom stereocenters. The molecule has 0 spiro atoms. The number of carbonyl (C=O) groups is 1. The zero-order chi connectivity index (χ0) is 26.3. The molecule has 0 saturated carbocycles. The molecule has 38 heavy (non-hydrogen) atoms. The van der Waals surface area contributed by atoms with Crippen LogP contribution in [-0.2, 0) is 22.6 Å². The van der Waals surface area contributed by atoms with Crippen LogP contribution in [0.1, 0.15) is 71.2 Å². The summed E-state index contributed by atoms with van der Waals surface area (Å²) in [6.45, 7) is 5.80. The molecule has 0 radical (unpaired) electrons. The number of aromatic nitrogens is 1. The molecule has 0 aliphatic carbocycles. The highest BCUT2D eigenvalue weighted by molar-refractivity contribution is 5.93. The van der Waals surface area contributed by atoms with Crippen molar-refractivity contribution in [3.05, 3.63) is 101 Å². The summed E-state index contributed by atoms with van der Waals surface area (Å²) >= 11 is 0. The SMILES string of the molecule is C[C@H]1[C@@H](CN2CCCCC2)O[C@@H](c2ccc(CNC(=O)c3cccnc3)cc2)O[C@H]1c1ccc(CO)cc1. The molecule has 1 amide bonds. The van der Waals surface area contributed by atoms with Crippen molar-refractivity contribution in [2.75, 3.05) is 19.6 Å². The van der Waals surface area contributed by atoms with Crippen LogP contribution < -0.4 is 5.32 Å². The number of aliphatic hydroxyl groups excluding tert-OH is 1. The van der Waals surface area contributed by atoms with Gasteiger partial charge in [0.15, 0.2) is 6.29 Å². The van der Waals surface area contributed by atoms with E-state index in [9.17, 15) is 9.90 Å². The number of aliphatic hydroxyl groups is 1. The predicted molar refractivity (Wildman–Crippen MR) is 145 cm³/mol. The van der Waals surface area contributed by atoms with E-state index in [0.717, 1.165) is 41.9 Å². The van der Waals surface area contributed by atoms with E-state index < -0.39 is 6.29 Å². The molecule has 4 atom stereocenters. The number of likely N-dealkylation sites (tertiary alicyclic amines) is 1. The number of hydrogen-bond acceptors (Lipinski definition) is 6. The van der Waals surface area contributed by atoms with Crippen molar-refractivity contribution in [2.24, 2.45) is 5.92 Å². The van der Waals surface area contributed by atoms with Crippen LogP contribution in [0.4, 0.5) is 0 Å². The molecule has 7 heteroatoms. The van der Waals surface area contributed by atoms with Gasteiger partial charge in [0.25, 0.3) is 5.91 Å². The van der Waals surface area contributed by atoms with Gasteiger partial charge in [-0.25, -0.2) is 0 Å². The van der Waals surface area contributed by atoms with Crippen molar-refractivity contribution in [3.8, 4) is 0 Å². The van der Waals surface area contributed by atoms with Gasteiger partial charge in [0.05, 0.1) is 24.4 Å². The molecule has 200 valence electrons. The number of pyridine rings is 1. The number of carbonyl (C=O) groups excluding carboxylic acids is 1. The molecule has 7 nitrogen and oxygen atoms in total. The second-order valence-electron chi connectivity index (χ2n) is 10.3. The van der Waals surface area contributed by atoms with E-state index in [1.165, 1.54) is 19.3 Å². The zero-order valence-electron chi connectivity index (χ0n) is 22.0. The van der Waals surface area contributed by atoms with Crippen LogP contribution in [0.15, 0.2) is 73.1 Å². The average Bonchev–Trinajstić information content (AvgIpc) is 2.98. The first-order valence-electron chi connectivity index (χ1n) is 13.6. The molecule has 2 saturated heterocycles. The Morgan fingerprint density at radius 2 is 1.68 bits per heavy atom. The van der Waals surface area contributed by atoms with E-state index in [1.807, 2.05) is 36.4 Å². The van der Waals surface area contributed by atoms with Crippen molar-refractivity contribution in [2.45, 2.75) is 57.8 Å². The summed E-state index contributed by atoms with van der Waals surface area (Å²) in [6, 6.07) is 19.6. The fraction of sp³-hybridized carbons (Fsp3) is 0.419. The lowest BCUT2D eigenvalue weighted by Gasteiger charge is -2.43. The fourth-order valence-corrected chi connectivity index (χ4v) is 5.30. The van der Waals surface area contributed by atoms with Gasteiger partial charge < -0.3 is 24.8 Å². The second kappa shape index (κ2) is 12.6. The van der Waals surface area contributed by atoms with Gasteiger partial charge in [-0.05, 0) is 54.8 Å². The van der Waals surface area contributed by atoms with E-state index in [4.69, 9.17) is 9.47 Å². The Hall–Kier alpha value is -3.10. The zero-order valence-corrected chi connectivity index (χ0v) is 22.0. The molecular weight excluding hydrogens is 478 g/mol. The number of rotatable bonds is 8. The molecule has 3 heterocycles. The standard InChI is InChI=1S/C31H37N3O4/c1-22-28(20-34-16-3-2-4-17-34)37-31(38-29(22)25-11-9-24(21-35)10-12-25)26-13-7-23(8-14-26)18-33-30(36)27-6-5-15-32-19-27/h5-15,19,22,28-29,31,35H,2-4,16-18,20-21H2,1H3,(H,33,36)/t22-,28+,29+,31+/m0/s1. The Kier molecular flexibility index (Phi) is 8.81. The van der Waals surface area contributed by atoms with Gasteiger partial charge in [-0.3, -0.25) is 9.78 Å². The highest BCUT2D eigenvalue weighted by Gasteiger charge is 2.39. The van der Waals surface area contributed by atoms with Crippen molar-refractivity contribution in [1.29, 1.82) is 0 Å².